The fourth-order valence-corrected chi connectivity index (χ4v) is 7.87. The quantitative estimate of drug-likeness (QED) is 0.735. The number of aliphatic hydroxyl groups is 1. The maximum atomic E-state index is 11.9. The number of ketones is 1. The van der Waals surface area contributed by atoms with E-state index in [-0.39, 0.29) is 5.41 Å². The van der Waals surface area contributed by atoms with Gasteiger partial charge in [0.1, 0.15) is 5.78 Å². The first-order valence-corrected chi connectivity index (χ1v) is 10.4. The zero-order valence-electron chi connectivity index (χ0n) is 16.1. The van der Waals surface area contributed by atoms with Crippen molar-refractivity contribution in [1.82, 2.24) is 0 Å². The predicted octanol–water partition coefficient (Wildman–Crippen LogP) is 4.99. The molecular formula is C22H36O2. The van der Waals surface area contributed by atoms with Crippen molar-refractivity contribution >= 4 is 5.78 Å². The van der Waals surface area contributed by atoms with Gasteiger partial charge in [0, 0.05) is 5.92 Å². The average Bonchev–Trinajstić information content (AvgIpc) is 2.76. The maximum absolute atomic E-state index is 11.9. The van der Waals surface area contributed by atoms with Crippen LogP contribution in [0.3, 0.4) is 0 Å². The third-order valence-corrected chi connectivity index (χ3v) is 9.80. The predicted molar refractivity (Wildman–Crippen MR) is 96.5 cm³/mol. The van der Waals surface area contributed by atoms with Crippen LogP contribution in [0.5, 0.6) is 0 Å². The molecule has 4 aliphatic carbocycles. The largest absolute Gasteiger partial charge is 0.390 e. The van der Waals surface area contributed by atoms with Crippen molar-refractivity contribution in [1.29, 1.82) is 0 Å². The Morgan fingerprint density at radius 1 is 0.917 bits per heavy atom. The Bertz CT molecular complexity index is 538. The standard InChI is InChI=1S/C22H36O2/c1-14(23)15-7-10-20(2)16(13-15)5-6-17-18(20)8-11-21(3)19(17)9-12-22(21,4)24/h15-19,24H,5-13H2,1-4H3/t15-,16-,17-,18+,19+,20-,21-,22-/m0/s1. The first-order chi connectivity index (χ1) is 11.2. The molecule has 0 radical (unpaired) electrons. The van der Waals surface area contributed by atoms with Crippen LogP contribution in [0.15, 0.2) is 0 Å². The van der Waals surface area contributed by atoms with E-state index in [1.807, 2.05) is 0 Å². The van der Waals surface area contributed by atoms with Crippen molar-refractivity contribution in [3.8, 4) is 0 Å². The number of carbonyl (C=O) groups is 1. The molecule has 0 heterocycles. The molecule has 0 spiro atoms. The molecule has 4 rings (SSSR count). The van der Waals surface area contributed by atoms with Crippen LogP contribution in [0.25, 0.3) is 0 Å². The zero-order chi connectivity index (χ0) is 17.3. The molecule has 136 valence electrons. The highest BCUT2D eigenvalue weighted by Crippen LogP contribution is 2.68. The van der Waals surface area contributed by atoms with Gasteiger partial charge in [0.05, 0.1) is 5.60 Å². The molecule has 1 N–H and O–H groups in total. The lowest BCUT2D eigenvalue weighted by atomic mass is 9.44. The van der Waals surface area contributed by atoms with Gasteiger partial charge in [-0.1, -0.05) is 13.8 Å². The SMILES string of the molecule is CC(=O)[C@H]1CC[C@@]2(C)[C@@H](CC[C@H]3[C@H]2CC[C@@]2(C)[C@@H]3CC[C@]2(C)O)C1. The molecule has 0 amide bonds. The molecule has 0 aromatic carbocycles. The Morgan fingerprint density at radius 2 is 1.62 bits per heavy atom. The monoisotopic (exact) mass is 332 g/mol. The topological polar surface area (TPSA) is 37.3 Å². The van der Waals surface area contributed by atoms with E-state index in [4.69, 9.17) is 0 Å². The van der Waals surface area contributed by atoms with Gasteiger partial charge in [0.2, 0.25) is 0 Å². The lowest BCUT2D eigenvalue weighted by Crippen LogP contribution is -2.56. The Balaban J connectivity index is 1.60. The highest BCUT2D eigenvalue weighted by atomic mass is 16.3. The summed E-state index contributed by atoms with van der Waals surface area (Å²) in [4.78, 5) is 11.9. The molecule has 0 unspecified atom stereocenters. The lowest BCUT2D eigenvalue weighted by Gasteiger charge is -2.61. The molecule has 2 heteroatoms. The van der Waals surface area contributed by atoms with Crippen LogP contribution in [0.4, 0.5) is 0 Å². The van der Waals surface area contributed by atoms with Crippen molar-refractivity contribution in [3.63, 3.8) is 0 Å². The normalized spacial score (nSPS) is 57.0. The fraction of sp³-hybridized carbons (Fsp3) is 0.955. The number of carbonyl (C=O) groups excluding carboxylic acids is 1. The molecule has 0 aromatic rings. The molecule has 0 aliphatic heterocycles. The van der Waals surface area contributed by atoms with E-state index in [9.17, 15) is 9.90 Å². The summed E-state index contributed by atoms with van der Waals surface area (Å²) < 4.78 is 0. The molecular weight excluding hydrogens is 296 g/mol. The van der Waals surface area contributed by atoms with Gasteiger partial charge < -0.3 is 5.11 Å². The summed E-state index contributed by atoms with van der Waals surface area (Å²) in [5.74, 6) is 3.87. The Labute approximate surface area is 147 Å². The second kappa shape index (κ2) is 5.32. The van der Waals surface area contributed by atoms with Gasteiger partial charge in [-0.25, -0.2) is 0 Å². The molecule has 2 nitrogen and oxygen atoms in total. The molecule has 4 saturated carbocycles. The smallest absolute Gasteiger partial charge is 0.132 e. The van der Waals surface area contributed by atoms with E-state index in [1.165, 1.54) is 38.5 Å². The van der Waals surface area contributed by atoms with E-state index in [0.717, 1.165) is 42.9 Å². The Kier molecular flexibility index (Phi) is 3.78. The summed E-state index contributed by atoms with van der Waals surface area (Å²) >= 11 is 0. The Morgan fingerprint density at radius 3 is 2.33 bits per heavy atom. The van der Waals surface area contributed by atoms with Gasteiger partial charge in [-0.15, -0.1) is 0 Å². The van der Waals surface area contributed by atoms with Gasteiger partial charge in [0.25, 0.3) is 0 Å². The van der Waals surface area contributed by atoms with Crippen molar-refractivity contribution in [2.45, 2.75) is 91.1 Å². The van der Waals surface area contributed by atoms with Crippen LogP contribution in [-0.4, -0.2) is 16.5 Å². The molecule has 24 heavy (non-hydrogen) atoms. The summed E-state index contributed by atoms with van der Waals surface area (Å²) in [6, 6.07) is 0. The van der Waals surface area contributed by atoms with E-state index >= 15 is 0 Å². The van der Waals surface area contributed by atoms with Gasteiger partial charge in [-0.2, -0.15) is 0 Å². The number of hydrogen-bond acceptors (Lipinski definition) is 2. The molecule has 0 aromatic heterocycles. The van der Waals surface area contributed by atoms with Crippen LogP contribution < -0.4 is 0 Å². The van der Waals surface area contributed by atoms with E-state index < -0.39 is 5.60 Å². The van der Waals surface area contributed by atoms with Gasteiger partial charge >= 0.3 is 0 Å². The van der Waals surface area contributed by atoms with Crippen molar-refractivity contribution in [2.24, 2.45) is 40.4 Å². The molecule has 0 saturated heterocycles. The summed E-state index contributed by atoms with van der Waals surface area (Å²) in [6.07, 6.45) is 10.9. The minimum atomic E-state index is -0.466. The van der Waals surface area contributed by atoms with Crippen LogP contribution in [0.2, 0.25) is 0 Å². The minimum Gasteiger partial charge on any atom is -0.390 e. The summed E-state index contributed by atoms with van der Waals surface area (Å²) in [5, 5.41) is 11.0. The van der Waals surface area contributed by atoms with Gasteiger partial charge in [0.15, 0.2) is 0 Å². The highest BCUT2D eigenvalue weighted by molar-refractivity contribution is 5.78. The molecule has 4 fully saturated rings. The van der Waals surface area contributed by atoms with Crippen molar-refractivity contribution in [2.75, 3.05) is 0 Å². The molecule has 4 aliphatic rings. The third kappa shape index (κ3) is 2.14. The van der Waals surface area contributed by atoms with Gasteiger partial charge in [-0.3, -0.25) is 4.79 Å². The van der Waals surface area contributed by atoms with Crippen LogP contribution >= 0.6 is 0 Å². The van der Waals surface area contributed by atoms with E-state index in [1.54, 1.807) is 6.92 Å². The van der Waals surface area contributed by atoms with Crippen LogP contribution in [0, 0.1) is 40.4 Å². The zero-order valence-corrected chi connectivity index (χ0v) is 16.1. The number of hydrogen-bond donors (Lipinski definition) is 1. The number of Topliss-reactive ketones (excluding diaryl/α,β-unsaturated/α-hetero) is 1. The molecule has 0 bridgehead atoms. The second-order valence-electron chi connectivity index (χ2n) is 10.5. The molecule has 8 atom stereocenters. The second-order valence-corrected chi connectivity index (χ2v) is 10.5. The fourth-order valence-electron chi connectivity index (χ4n) is 7.87. The van der Waals surface area contributed by atoms with Crippen molar-refractivity contribution in [3.05, 3.63) is 0 Å². The van der Waals surface area contributed by atoms with Crippen LogP contribution in [-0.2, 0) is 4.79 Å². The lowest BCUT2D eigenvalue weighted by molar-refractivity contribution is -0.152. The highest BCUT2D eigenvalue weighted by Gasteiger charge is 2.63. The first kappa shape index (κ1) is 17.1. The first-order valence-electron chi connectivity index (χ1n) is 10.4. The van der Waals surface area contributed by atoms with E-state index in [0.29, 0.717) is 17.1 Å². The third-order valence-electron chi connectivity index (χ3n) is 9.80. The minimum absolute atomic E-state index is 0.133. The summed E-state index contributed by atoms with van der Waals surface area (Å²) in [6.45, 7) is 8.83. The Hall–Kier alpha value is -0.370. The summed E-state index contributed by atoms with van der Waals surface area (Å²) in [5.41, 5.74) is 0.116. The summed E-state index contributed by atoms with van der Waals surface area (Å²) in [7, 11) is 0. The van der Waals surface area contributed by atoms with Crippen molar-refractivity contribution < 1.29 is 9.90 Å². The number of fused-ring (bicyclic) bond motifs is 5. The van der Waals surface area contributed by atoms with Crippen LogP contribution in [0.1, 0.15) is 85.5 Å². The average molecular weight is 333 g/mol. The number of rotatable bonds is 1. The van der Waals surface area contributed by atoms with Gasteiger partial charge in [-0.05, 0) is 106 Å². The maximum Gasteiger partial charge on any atom is 0.132 e. The van der Waals surface area contributed by atoms with E-state index in [2.05, 4.69) is 20.8 Å².